The summed E-state index contributed by atoms with van der Waals surface area (Å²) in [4.78, 5) is 12.4. The van der Waals surface area contributed by atoms with Gasteiger partial charge in [0.25, 0.3) is 0 Å². The zero-order valence-corrected chi connectivity index (χ0v) is 12.5. The SMILES string of the molecule is CCNCCNC(=O)CSc1cc(Cl)ccc1Cl. The lowest BCUT2D eigenvalue weighted by Gasteiger charge is -2.06. The van der Waals surface area contributed by atoms with E-state index in [1.54, 1.807) is 18.2 Å². The zero-order valence-electron chi connectivity index (χ0n) is 10.1. The van der Waals surface area contributed by atoms with E-state index in [4.69, 9.17) is 23.2 Å². The van der Waals surface area contributed by atoms with Crippen LogP contribution in [0.25, 0.3) is 0 Å². The van der Waals surface area contributed by atoms with Crippen LogP contribution in [0.4, 0.5) is 0 Å². The third-order valence-electron chi connectivity index (χ3n) is 2.13. The Labute approximate surface area is 122 Å². The number of halogens is 2. The van der Waals surface area contributed by atoms with E-state index in [0.29, 0.717) is 22.3 Å². The van der Waals surface area contributed by atoms with Crippen LogP contribution in [0.3, 0.4) is 0 Å². The molecule has 0 atom stereocenters. The van der Waals surface area contributed by atoms with Gasteiger partial charge in [0.05, 0.1) is 10.8 Å². The van der Waals surface area contributed by atoms with Gasteiger partial charge in [-0.25, -0.2) is 0 Å². The molecule has 100 valence electrons. The largest absolute Gasteiger partial charge is 0.354 e. The monoisotopic (exact) mass is 306 g/mol. The number of hydrogen-bond donors (Lipinski definition) is 2. The maximum absolute atomic E-state index is 11.5. The summed E-state index contributed by atoms with van der Waals surface area (Å²) in [5.74, 6) is 0.334. The van der Waals surface area contributed by atoms with Crippen LogP contribution in [0.1, 0.15) is 6.92 Å². The van der Waals surface area contributed by atoms with E-state index in [1.807, 2.05) is 6.92 Å². The number of hydrogen-bond acceptors (Lipinski definition) is 3. The number of carbonyl (C=O) groups is 1. The molecule has 0 radical (unpaired) electrons. The summed E-state index contributed by atoms with van der Waals surface area (Å²) in [6.45, 7) is 4.35. The first-order valence-corrected chi connectivity index (χ1v) is 7.43. The fourth-order valence-electron chi connectivity index (χ4n) is 1.25. The van der Waals surface area contributed by atoms with Gasteiger partial charge in [-0.15, -0.1) is 11.8 Å². The molecule has 0 aromatic heterocycles. The molecule has 0 aliphatic carbocycles. The Morgan fingerprint density at radius 3 is 2.83 bits per heavy atom. The fourth-order valence-corrected chi connectivity index (χ4v) is 2.57. The zero-order chi connectivity index (χ0) is 13.4. The van der Waals surface area contributed by atoms with Crippen LogP contribution < -0.4 is 10.6 Å². The van der Waals surface area contributed by atoms with Gasteiger partial charge in [0.2, 0.25) is 5.91 Å². The van der Waals surface area contributed by atoms with Crippen LogP contribution in [-0.2, 0) is 4.79 Å². The van der Waals surface area contributed by atoms with E-state index in [-0.39, 0.29) is 5.91 Å². The van der Waals surface area contributed by atoms with Crippen molar-refractivity contribution in [1.82, 2.24) is 10.6 Å². The molecule has 0 aliphatic rings. The summed E-state index contributed by atoms with van der Waals surface area (Å²) in [5, 5.41) is 7.19. The molecule has 0 unspecified atom stereocenters. The van der Waals surface area contributed by atoms with E-state index in [2.05, 4.69) is 10.6 Å². The van der Waals surface area contributed by atoms with Gasteiger partial charge in [0, 0.05) is 23.0 Å². The van der Waals surface area contributed by atoms with E-state index >= 15 is 0 Å². The van der Waals surface area contributed by atoms with Crippen molar-refractivity contribution in [1.29, 1.82) is 0 Å². The number of carbonyl (C=O) groups excluding carboxylic acids is 1. The molecule has 2 N–H and O–H groups in total. The molecule has 1 rings (SSSR count). The summed E-state index contributed by atoms with van der Waals surface area (Å²) >= 11 is 13.3. The standard InChI is InChI=1S/C12H16Cl2N2OS/c1-2-15-5-6-16-12(17)8-18-11-7-9(13)3-4-10(11)14/h3-4,7,15H,2,5-6,8H2,1H3,(H,16,17). The first-order chi connectivity index (χ1) is 8.63. The molecule has 0 heterocycles. The Kier molecular flexibility index (Phi) is 7.51. The van der Waals surface area contributed by atoms with Crippen molar-refractivity contribution in [2.45, 2.75) is 11.8 Å². The molecular formula is C12H16Cl2N2OS. The maximum atomic E-state index is 11.5. The highest BCUT2D eigenvalue weighted by atomic mass is 35.5. The van der Waals surface area contributed by atoms with Crippen molar-refractivity contribution in [3.8, 4) is 0 Å². The van der Waals surface area contributed by atoms with Gasteiger partial charge in [0.1, 0.15) is 0 Å². The molecule has 3 nitrogen and oxygen atoms in total. The number of nitrogens with one attached hydrogen (secondary N) is 2. The van der Waals surface area contributed by atoms with Crippen molar-refractivity contribution in [3.05, 3.63) is 28.2 Å². The minimum Gasteiger partial charge on any atom is -0.354 e. The van der Waals surface area contributed by atoms with Crippen molar-refractivity contribution >= 4 is 40.9 Å². The van der Waals surface area contributed by atoms with Crippen molar-refractivity contribution in [3.63, 3.8) is 0 Å². The Hall–Kier alpha value is -0.420. The van der Waals surface area contributed by atoms with Crippen LogP contribution >= 0.6 is 35.0 Å². The molecule has 0 saturated heterocycles. The van der Waals surface area contributed by atoms with E-state index in [9.17, 15) is 4.79 Å². The molecule has 6 heteroatoms. The van der Waals surface area contributed by atoms with Gasteiger partial charge >= 0.3 is 0 Å². The minimum absolute atomic E-state index is 0.00561. The highest BCUT2D eigenvalue weighted by molar-refractivity contribution is 8.00. The molecule has 0 saturated carbocycles. The second-order valence-corrected chi connectivity index (χ2v) is 5.43. The Morgan fingerprint density at radius 1 is 1.33 bits per heavy atom. The molecule has 0 aliphatic heterocycles. The maximum Gasteiger partial charge on any atom is 0.230 e. The molecule has 18 heavy (non-hydrogen) atoms. The van der Waals surface area contributed by atoms with Crippen LogP contribution in [0.2, 0.25) is 10.0 Å². The van der Waals surface area contributed by atoms with Crippen LogP contribution in [-0.4, -0.2) is 31.3 Å². The summed E-state index contributed by atoms with van der Waals surface area (Å²) in [5.41, 5.74) is 0. The average Bonchev–Trinajstić information content (AvgIpc) is 2.36. The lowest BCUT2D eigenvalue weighted by molar-refractivity contribution is -0.118. The number of amides is 1. The first kappa shape index (κ1) is 15.6. The number of likely N-dealkylation sites (N-methyl/N-ethyl adjacent to an activating group) is 1. The van der Waals surface area contributed by atoms with E-state index < -0.39 is 0 Å². The third kappa shape index (κ3) is 5.96. The number of thioether (sulfide) groups is 1. The second kappa shape index (κ2) is 8.64. The molecule has 1 aromatic carbocycles. The quantitative estimate of drug-likeness (QED) is 0.601. The Bertz CT molecular complexity index is 402. The lowest BCUT2D eigenvalue weighted by Crippen LogP contribution is -2.32. The topological polar surface area (TPSA) is 41.1 Å². The molecular weight excluding hydrogens is 291 g/mol. The summed E-state index contributed by atoms with van der Waals surface area (Å²) in [6, 6.07) is 5.22. The van der Waals surface area contributed by atoms with Gasteiger partial charge in [0.15, 0.2) is 0 Å². The smallest absolute Gasteiger partial charge is 0.230 e. The van der Waals surface area contributed by atoms with Crippen LogP contribution in [0.15, 0.2) is 23.1 Å². The van der Waals surface area contributed by atoms with Gasteiger partial charge in [-0.3, -0.25) is 4.79 Å². The predicted octanol–water partition coefficient (Wildman–Crippen LogP) is 2.81. The number of rotatable bonds is 7. The average molecular weight is 307 g/mol. The molecule has 0 spiro atoms. The van der Waals surface area contributed by atoms with Gasteiger partial charge in [-0.1, -0.05) is 30.1 Å². The number of benzene rings is 1. The molecule has 1 amide bonds. The normalized spacial score (nSPS) is 10.4. The van der Waals surface area contributed by atoms with Gasteiger partial charge in [-0.2, -0.15) is 0 Å². The Morgan fingerprint density at radius 2 is 2.11 bits per heavy atom. The minimum atomic E-state index is -0.00561. The lowest BCUT2D eigenvalue weighted by atomic mass is 10.4. The van der Waals surface area contributed by atoms with Crippen LogP contribution in [0, 0.1) is 0 Å². The first-order valence-electron chi connectivity index (χ1n) is 5.68. The fraction of sp³-hybridized carbons (Fsp3) is 0.417. The highest BCUT2D eigenvalue weighted by Crippen LogP contribution is 2.29. The van der Waals surface area contributed by atoms with Crippen molar-refractivity contribution in [2.75, 3.05) is 25.4 Å². The van der Waals surface area contributed by atoms with Crippen molar-refractivity contribution in [2.24, 2.45) is 0 Å². The summed E-state index contributed by atoms with van der Waals surface area (Å²) < 4.78 is 0. The van der Waals surface area contributed by atoms with E-state index in [1.165, 1.54) is 11.8 Å². The highest BCUT2D eigenvalue weighted by Gasteiger charge is 2.06. The predicted molar refractivity (Wildman–Crippen MR) is 78.7 cm³/mol. The second-order valence-electron chi connectivity index (χ2n) is 3.57. The molecule has 0 bridgehead atoms. The third-order valence-corrected chi connectivity index (χ3v) is 3.86. The Balaban J connectivity index is 2.31. The van der Waals surface area contributed by atoms with Gasteiger partial charge < -0.3 is 10.6 Å². The van der Waals surface area contributed by atoms with Crippen molar-refractivity contribution < 1.29 is 4.79 Å². The van der Waals surface area contributed by atoms with E-state index in [0.717, 1.165) is 18.0 Å². The van der Waals surface area contributed by atoms with Gasteiger partial charge in [-0.05, 0) is 24.7 Å². The summed E-state index contributed by atoms with van der Waals surface area (Å²) in [7, 11) is 0. The molecule has 1 aromatic rings. The molecule has 0 fully saturated rings. The summed E-state index contributed by atoms with van der Waals surface area (Å²) in [6.07, 6.45) is 0. The van der Waals surface area contributed by atoms with Crippen LogP contribution in [0.5, 0.6) is 0 Å².